The van der Waals surface area contributed by atoms with Gasteiger partial charge in [-0.3, -0.25) is 4.79 Å². The molecule has 6 unspecified atom stereocenters. The zero-order chi connectivity index (χ0) is 20.8. The van der Waals surface area contributed by atoms with Crippen LogP contribution in [0.3, 0.4) is 0 Å². The lowest BCUT2D eigenvalue weighted by Crippen LogP contribution is -2.45. The minimum absolute atomic E-state index is 0.0176. The Hall–Kier alpha value is -1.85. The van der Waals surface area contributed by atoms with Crippen LogP contribution in [0.1, 0.15) is 50.7 Å². The number of aromatic hydroxyl groups is 1. The van der Waals surface area contributed by atoms with Crippen LogP contribution in [0.4, 0.5) is 0 Å². The molecule has 0 spiro atoms. The first-order valence-corrected chi connectivity index (χ1v) is 10.8. The summed E-state index contributed by atoms with van der Waals surface area (Å²) in [6.45, 7) is 7.67. The van der Waals surface area contributed by atoms with E-state index in [4.69, 9.17) is 4.74 Å². The maximum absolute atomic E-state index is 12.7. The summed E-state index contributed by atoms with van der Waals surface area (Å²) in [5.74, 6) is 0.616. The average Bonchev–Trinajstić information content (AvgIpc) is 2.94. The first-order valence-electron chi connectivity index (χ1n) is 10.8. The Bertz CT molecular complexity index is 793. The Morgan fingerprint density at radius 2 is 2.21 bits per heavy atom. The van der Waals surface area contributed by atoms with E-state index in [1.165, 1.54) is 18.4 Å². The van der Waals surface area contributed by atoms with Gasteiger partial charge in [0, 0.05) is 19.0 Å². The largest absolute Gasteiger partial charge is 0.508 e. The number of esters is 1. The third-order valence-electron chi connectivity index (χ3n) is 7.57. The van der Waals surface area contributed by atoms with Crippen molar-refractivity contribution in [3.63, 3.8) is 0 Å². The van der Waals surface area contributed by atoms with Crippen LogP contribution in [0.2, 0.25) is 0 Å². The molecule has 2 aliphatic carbocycles. The number of ether oxygens (including phenoxy) is 1. The van der Waals surface area contributed by atoms with Gasteiger partial charge < -0.3 is 19.8 Å². The second kappa shape index (κ2) is 7.77. The fourth-order valence-electron chi connectivity index (χ4n) is 6.01. The molecule has 29 heavy (non-hydrogen) atoms. The van der Waals surface area contributed by atoms with Crippen LogP contribution >= 0.6 is 0 Å². The van der Waals surface area contributed by atoms with E-state index in [9.17, 15) is 15.0 Å². The Morgan fingerprint density at radius 1 is 1.41 bits per heavy atom. The van der Waals surface area contributed by atoms with E-state index < -0.39 is 6.10 Å². The quantitative estimate of drug-likeness (QED) is 0.584. The van der Waals surface area contributed by atoms with Gasteiger partial charge in [-0.1, -0.05) is 31.2 Å². The molecular weight excluding hydrogens is 366 g/mol. The summed E-state index contributed by atoms with van der Waals surface area (Å²) in [4.78, 5) is 14.7. The lowest BCUT2D eigenvalue weighted by Gasteiger charge is -2.50. The van der Waals surface area contributed by atoms with Crippen LogP contribution in [-0.2, 0) is 9.53 Å². The smallest absolute Gasteiger partial charge is 0.310 e. The molecule has 2 N–H and O–H groups in total. The van der Waals surface area contributed by atoms with E-state index >= 15 is 0 Å². The molecule has 6 atom stereocenters. The average molecular weight is 400 g/mol. The monoisotopic (exact) mass is 399 g/mol. The zero-order valence-corrected chi connectivity index (χ0v) is 17.5. The SMILES string of the molecule is C=C1CCCC2(C)CC3OC(=O)C(CN(C)CC(O)c4cccc(O)c4)C3CC12. The molecule has 1 aromatic rings. The number of rotatable bonds is 5. The molecule has 1 heterocycles. The highest BCUT2D eigenvalue weighted by atomic mass is 16.6. The molecule has 3 fully saturated rings. The Kier molecular flexibility index (Phi) is 5.47. The normalized spacial score (nSPS) is 35.2. The predicted molar refractivity (Wildman–Crippen MR) is 111 cm³/mol. The van der Waals surface area contributed by atoms with Gasteiger partial charge in [-0.15, -0.1) is 0 Å². The molecule has 0 amide bonds. The molecular formula is C24H33NO4. The van der Waals surface area contributed by atoms with Gasteiger partial charge in [0.05, 0.1) is 12.0 Å². The summed E-state index contributed by atoms with van der Waals surface area (Å²) in [7, 11) is 1.93. The van der Waals surface area contributed by atoms with Gasteiger partial charge in [0.25, 0.3) is 0 Å². The first kappa shape index (κ1) is 20.4. The van der Waals surface area contributed by atoms with E-state index in [0.717, 1.165) is 19.3 Å². The molecule has 0 aromatic heterocycles. The third-order valence-corrected chi connectivity index (χ3v) is 7.57. The van der Waals surface area contributed by atoms with Gasteiger partial charge in [0.1, 0.15) is 11.9 Å². The van der Waals surface area contributed by atoms with E-state index in [-0.39, 0.29) is 35.1 Å². The van der Waals surface area contributed by atoms with Gasteiger partial charge in [-0.25, -0.2) is 0 Å². The molecule has 158 valence electrons. The number of allylic oxidation sites excluding steroid dienone is 1. The number of hydrogen-bond acceptors (Lipinski definition) is 5. The van der Waals surface area contributed by atoms with Crippen molar-refractivity contribution in [3.8, 4) is 5.75 Å². The van der Waals surface area contributed by atoms with Gasteiger partial charge in [0.2, 0.25) is 0 Å². The minimum Gasteiger partial charge on any atom is -0.508 e. The number of hydrogen-bond donors (Lipinski definition) is 2. The highest BCUT2D eigenvalue weighted by Crippen LogP contribution is 2.56. The number of aliphatic hydroxyl groups is 1. The number of phenols is 1. The van der Waals surface area contributed by atoms with Gasteiger partial charge in [-0.05, 0) is 68.2 Å². The van der Waals surface area contributed by atoms with Crippen molar-refractivity contribution < 1.29 is 19.7 Å². The number of fused-ring (bicyclic) bond motifs is 2. The summed E-state index contributed by atoms with van der Waals surface area (Å²) < 4.78 is 5.84. The van der Waals surface area contributed by atoms with Crippen molar-refractivity contribution in [3.05, 3.63) is 42.0 Å². The first-order chi connectivity index (χ1) is 13.8. The predicted octanol–water partition coefficient (Wildman–Crippen LogP) is 3.67. The fourth-order valence-corrected chi connectivity index (χ4v) is 6.01. The number of nitrogens with zero attached hydrogens (tertiary/aromatic N) is 1. The maximum atomic E-state index is 12.7. The van der Waals surface area contributed by atoms with Crippen molar-refractivity contribution in [2.45, 2.75) is 51.2 Å². The van der Waals surface area contributed by atoms with E-state index in [1.807, 2.05) is 11.9 Å². The number of carbonyl (C=O) groups is 1. The van der Waals surface area contributed by atoms with Gasteiger partial charge in [-0.2, -0.15) is 0 Å². The maximum Gasteiger partial charge on any atom is 0.310 e. The summed E-state index contributed by atoms with van der Waals surface area (Å²) >= 11 is 0. The molecule has 5 heteroatoms. The summed E-state index contributed by atoms with van der Waals surface area (Å²) in [6, 6.07) is 6.69. The van der Waals surface area contributed by atoms with Gasteiger partial charge >= 0.3 is 5.97 Å². The van der Waals surface area contributed by atoms with E-state index in [1.54, 1.807) is 24.3 Å². The Balaban J connectivity index is 1.42. The molecule has 0 radical (unpaired) electrons. The number of aliphatic hydroxyl groups excluding tert-OH is 1. The van der Waals surface area contributed by atoms with Crippen LogP contribution in [0.5, 0.6) is 5.75 Å². The van der Waals surface area contributed by atoms with Crippen molar-refractivity contribution >= 4 is 5.97 Å². The zero-order valence-electron chi connectivity index (χ0n) is 17.5. The fraction of sp³-hybridized carbons (Fsp3) is 0.625. The van der Waals surface area contributed by atoms with E-state index in [2.05, 4.69) is 13.5 Å². The highest BCUT2D eigenvalue weighted by molar-refractivity contribution is 5.75. The number of likely N-dealkylation sites (N-methyl/N-ethyl adjacent to an activating group) is 1. The van der Waals surface area contributed by atoms with Crippen LogP contribution in [0.25, 0.3) is 0 Å². The second-order valence-corrected chi connectivity index (χ2v) is 9.74. The van der Waals surface area contributed by atoms with Gasteiger partial charge in [0.15, 0.2) is 0 Å². The van der Waals surface area contributed by atoms with Crippen LogP contribution in [-0.4, -0.2) is 47.3 Å². The number of carbonyl (C=O) groups excluding carboxylic acids is 1. The molecule has 5 nitrogen and oxygen atoms in total. The minimum atomic E-state index is -0.715. The molecule has 1 aliphatic heterocycles. The summed E-state index contributed by atoms with van der Waals surface area (Å²) in [6.07, 6.45) is 4.72. The van der Waals surface area contributed by atoms with Crippen LogP contribution in [0.15, 0.2) is 36.4 Å². The number of benzene rings is 1. The standard InChI is InChI=1S/C24H33NO4/c1-15-6-5-9-24(2)12-22-18(11-20(15)24)19(23(28)29-22)13-25(3)14-21(27)16-7-4-8-17(26)10-16/h4,7-8,10,18-22,26-27H,1,5-6,9,11-14H2,2-3H3. The molecule has 4 rings (SSSR count). The molecule has 0 bridgehead atoms. The Morgan fingerprint density at radius 3 is 2.97 bits per heavy atom. The highest BCUT2D eigenvalue weighted by Gasteiger charge is 2.55. The topological polar surface area (TPSA) is 70.0 Å². The molecule has 1 aromatic carbocycles. The Labute approximate surface area is 173 Å². The molecule has 2 saturated carbocycles. The lowest BCUT2D eigenvalue weighted by atomic mass is 9.55. The van der Waals surface area contributed by atoms with Crippen LogP contribution in [0, 0.1) is 23.2 Å². The lowest BCUT2D eigenvalue weighted by molar-refractivity contribution is -0.146. The third kappa shape index (κ3) is 3.95. The second-order valence-electron chi connectivity index (χ2n) is 9.74. The summed E-state index contributed by atoms with van der Waals surface area (Å²) in [5.41, 5.74) is 2.24. The van der Waals surface area contributed by atoms with Crippen molar-refractivity contribution in [1.29, 1.82) is 0 Å². The van der Waals surface area contributed by atoms with Crippen LogP contribution < -0.4 is 0 Å². The number of phenolic OH excluding ortho intramolecular Hbond substituents is 1. The summed E-state index contributed by atoms with van der Waals surface area (Å²) in [5, 5.41) is 20.2. The van der Waals surface area contributed by atoms with Crippen molar-refractivity contribution in [1.82, 2.24) is 4.90 Å². The van der Waals surface area contributed by atoms with Crippen molar-refractivity contribution in [2.75, 3.05) is 20.1 Å². The van der Waals surface area contributed by atoms with E-state index in [0.29, 0.717) is 24.6 Å². The molecule has 3 aliphatic rings. The van der Waals surface area contributed by atoms with Crippen molar-refractivity contribution in [2.24, 2.45) is 23.2 Å². The molecule has 1 saturated heterocycles.